The Morgan fingerprint density at radius 2 is 1.71 bits per heavy atom. The van der Waals surface area contributed by atoms with Gasteiger partial charge >= 0.3 is 0 Å². The lowest BCUT2D eigenvalue weighted by Crippen LogP contribution is -2.38. The molecule has 0 radical (unpaired) electrons. The summed E-state index contributed by atoms with van der Waals surface area (Å²) in [6, 6.07) is 6.87. The van der Waals surface area contributed by atoms with Gasteiger partial charge < -0.3 is 4.90 Å². The Kier molecular flexibility index (Phi) is 4.88. The van der Waals surface area contributed by atoms with Gasteiger partial charge in [0.15, 0.2) is 0 Å². The third kappa shape index (κ3) is 4.46. The Morgan fingerprint density at radius 1 is 1.14 bits per heavy atom. The van der Waals surface area contributed by atoms with E-state index in [1.54, 1.807) is 24.3 Å². The van der Waals surface area contributed by atoms with Crippen LogP contribution in [0.5, 0.6) is 0 Å². The minimum absolute atomic E-state index is 0.00666. The van der Waals surface area contributed by atoms with E-state index in [-0.39, 0.29) is 5.91 Å². The molecule has 21 heavy (non-hydrogen) atoms. The van der Waals surface area contributed by atoms with Gasteiger partial charge in [-0.2, -0.15) is 0 Å². The number of hydrogen-bond donors (Lipinski definition) is 1. The summed E-state index contributed by atoms with van der Waals surface area (Å²) >= 11 is 0. The Balaban J connectivity index is 2.05. The molecule has 1 aliphatic carbocycles. The lowest BCUT2D eigenvalue weighted by Gasteiger charge is -2.31. The Hall–Kier alpha value is -1.56. The van der Waals surface area contributed by atoms with Gasteiger partial charge in [-0.05, 0) is 37.1 Å². The van der Waals surface area contributed by atoms with Crippen LogP contribution in [0.2, 0.25) is 0 Å². The molecular weight excluding hydrogens is 288 g/mol. The van der Waals surface area contributed by atoms with Crippen molar-refractivity contribution in [2.45, 2.75) is 38.1 Å². The minimum atomic E-state index is -3.29. The summed E-state index contributed by atoms with van der Waals surface area (Å²) in [6.07, 6.45) is 6.85. The summed E-state index contributed by atoms with van der Waals surface area (Å²) in [5.41, 5.74) is 1.05. The van der Waals surface area contributed by atoms with E-state index in [4.69, 9.17) is 0 Å². The van der Waals surface area contributed by atoms with Crippen LogP contribution in [0.4, 0.5) is 5.69 Å². The van der Waals surface area contributed by atoms with Crippen LogP contribution in [0.15, 0.2) is 24.3 Å². The fraction of sp³-hybridized carbons (Fsp3) is 0.533. The maximum atomic E-state index is 12.4. The van der Waals surface area contributed by atoms with E-state index in [1.807, 2.05) is 11.9 Å². The van der Waals surface area contributed by atoms with Crippen molar-refractivity contribution >= 4 is 21.6 Å². The van der Waals surface area contributed by atoms with Crippen molar-refractivity contribution in [3.63, 3.8) is 0 Å². The third-order valence-electron chi connectivity index (χ3n) is 3.88. The molecule has 116 valence electrons. The molecule has 0 unspecified atom stereocenters. The fourth-order valence-corrected chi connectivity index (χ4v) is 3.30. The SMILES string of the molecule is CN(C(=O)c1ccc(NS(C)(=O)=O)cc1)C1CCCCC1. The number of sulfonamides is 1. The van der Waals surface area contributed by atoms with Gasteiger partial charge in [-0.1, -0.05) is 19.3 Å². The van der Waals surface area contributed by atoms with Crippen LogP contribution in [-0.4, -0.2) is 38.6 Å². The van der Waals surface area contributed by atoms with Crippen LogP contribution < -0.4 is 4.72 Å². The van der Waals surface area contributed by atoms with Gasteiger partial charge in [0.05, 0.1) is 6.26 Å². The van der Waals surface area contributed by atoms with Gasteiger partial charge in [0.2, 0.25) is 10.0 Å². The molecule has 1 aliphatic rings. The largest absolute Gasteiger partial charge is 0.339 e. The summed E-state index contributed by atoms with van der Waals surface area (Å²) in [7, 11) is -1.44. The van der Waals surface area contributed by atoms with Crippen LogP contribution >= 0.6 is 0 Å². The lowest BCUT2D eigenvalue weighted by molar-refractivity contribution is 0.0696. The monoisotopic (exact) mass is 310 g/mol. The van der Waals surface area contributed by atoms with Crippen LogP contribution in [0.1, 0.15) is 42.5 Å². The molecular formula is C15H22N2O3S. The predicted octanol–water partition coefficient (Wildman–Crippen LogP) is 2.46. The molecule has 0 atom stereocenters. The van der Waals surface area contributed by atoms with Crippen molar-refractivity contribution in [1.29, 1.82) is 0 Å². The number of carbonyl (C=O) groups is 1. The maximum Gasteiger partial charge on any atom is 0.253 e. The topological polar surface area (TPSA) is 66.5 Å². The number of benzene rings is 1. The number of carbonyl (C=O) groups excluding carboxylic acids is 1. The molecule has 0 aliphatic heterocycles. The van der Waals surface area contributed by atoms with Gasteiger partial charge in [-0.3, -0.25) is 9.52 Å². The maximum absolute atomic E-state index is 12.4. The van der Waals surface area contributed by atoms with Gasteiger partial charge in [0, 0.05) is 24.3 Å². The first-order valence-corrected chi connectivity index (χ1v) is 9.11. The predicted molar refractivity (Wildman–Crippen MR) is 83.9 cm³/mol. The van der Waals surface area contributed by atoms with E-state index < -0.39 is 10.0 Å². The van der Waals surface area contributed by atoms with E-state index in [1.165, 1.54) is 19.3 Å². The Morgan fingerprint density at radius 3 is 2.24 bits per heavy atom. The van der Waals surface area contributed by atoms with Crippen LogP contribution in [0.25, 0.3) is 0 Å². The zero-order valence-electron chi connectivity index (χ0n) is 12.5. The van der Waals surface area contributed by atoms with Crippen molar-refractivity contribution in [3.05, 3.63) is 29.8 Å². The van der Waals surface area contributed by atoms with Crippen molar-refractivity contribution < 1.29 is 13.2 Å². The van der Waals surface area contributed by atoms with Crippen molar-refractivity contribution in [2.24, 2.45) is 0 Å². The number of nitrogens with zero attached hydrogens (tertiary/aromatic N) is 1. The Labute approximate surface area is 126 Å². The number of rotatable bonds is 4. The normalized spacial score (nSPS) is 16.5. The summed E-state index contributed by atoms with van der Waals surface area (Å²) in [5, 5.41) is 0. The molecule has 6 heteroatoms. The summed E-state index contributed by atoms with van der Waals surface area (Å²) in [4.78, 5) is 14.2. The van der Waals surface area contributed by atoms with E-state index in [0.717, 1.165) is 19.1 Å². The van der Waals surface area contributed by atoms with Crippen LogP contribution in [0.3, 0.4) is 0 Å². The van der Waals surface area contributed by atoms with Crippen molar-refractivity contribution in [1.82, 2.24) is 4.90 Å². The average Bonchev–Trinajstić information content (AvgIpc) is 2.46. The molecule has 0 heterocycles. The third-order valence-corrected chi connectivity index (χ3v) is 4.48. The van der Waals surface area contributed by atoms with E-state index >= 15 is 0 Å². The summed E-state index contributed by atoms with van der Waals surface area (Å²) < 4.78 is 24.7. The quantitative estimate of drug-likeness (QED) is 0.929. The first-order chi connectivity index (χ1) is 9.87. The van der Waals surface area contributed by atoms with E-state index in [2.05, 4.69) is 4.72 Å². The zero-order chi connectivity index (χ0) is 15.5. The minimum Gasteiger partial charge on any atom is -0.339 e. The summed E-state index contributed by atoms with van der Waals surface area (Å²) in [5.74, 6) is -0.00666. The van der Waals surface area contributed by atoms with Gasteiger partial charge in [0.25, 0.3) is 5.91 Å². The molecule has 1 N–H and O–H groups in total. The highest BCUT2D eigenvalue weighted by Gasteiger charge is 2.22. The molecule has 0 saturated heterocycles. The Bertz CT molecular complexity index is 590. The van der Waals surface area contributed by atoms with Crippen LogP contribution in [-0.2, 0) is 10.0 Å². The van der Waals surface area contributed by atoms with Gasteiger partial charge in [0.1, 0.15) is 0 Å². The molecule has 0 spiro atoms. The molecule has 2 rings (SSSR count). The molecule has 1 saturated carbocycles. The molecule has 1 amide bonds. The second-order valence-corrected chi connectivity index (χ2v) is 7.41. The van der Waals surface area contributed by atoms with Crippen molar-refractivity contribution in [2.75, 3.05) is 18.0 Å². The van der Waals surface area contributed by atoms with E-state index in [0.29, 0.717) is 17.3 Å². The number of nitrogens with one attached hydrogen (secondary N) is 1. The molecule has 1 aromatic carbocycles. The lowest BCUT2D eigenvalue weighted by atomic mass is 9.94. The molecule has 5 nitrogen and oxygen atoms in total. The van der Waals surface area contributed by atoms with Gasteiger partial charge in [-0.15, -0.1) is 0 Å². The first kappa shape index (κ1) is 15.8. The molecule has 0 aromatic heterocycles. The first-order valence-electron chi connectivity index (χ1n) is 7.22. The highest BCUT2D eigenvalue weighted by molar-refractivity contribution is 7.92. The number of amides is 1. The van der Waals surface area contributed by atoms with Crippen molar-refractivity contribution in [3.8, 4) is 0 Å². The smallest absolute Gasteiger partial charge is 0.253 e. The standard InChI is InChI=1S/C15H22N2O3S/c1-17(14-6-4-3-5-7-14)15(18)12-8-10-13(11-9-12)16-21(2,19)20/h8-11,14,16H,3-7H2,1-2H3. The number of anilines is 1. The van der Waals surface area contributed by atoms with Crippen LogP contribution in [0, 0.1) is 0 Å². The fourth-order valence-electron chi connectivity index (χ4n) is 2.73. The second kappa shape index (κ2) is 6.47. The zero-order valence-corrected chi connectivity index (χ0v) is 13.3. The number of hydrogen-bond acceptors (Lipinski definition) is 3. The average molecular weight is 310 g/mol. The molecule has 1 aromatic rings. The van der Waals surface area contributed by atoms with E-state index in [9.17, 15) is 13.2 Å². The molecule has 0 bridgehead atoms. The van der Waals surface area contributed by atoms with Gasteiger partial charge in [-0.25, -0.2) is 8.42 Å². The highest BCUT2D eigenvalue weighted by Crippen LogP contribution is 2.23. The second-order valence-electron chi connectivity index (χ2n) is 5.66. The summed E-state index contributed by atoms with van der Waals surface area (Å²) in [6.45, 7) is 0. The molecule has 1 fully saturated rings. The highest BCUT2D eigenvalue weighted by atomic mass is 32.2.